The Labute approximate surface area is 88.3 Å². The molecule has 2 amide bonds. The summed E-state index contributed by atoms with van der Waals surface area (Å²) in [5, 5.41) is 14.9. The lowest BCUT2D eigenvalue weighted by Gasteiger charge is -2.10. The van der Waals surface area contributed by atoms with Gasteiger partial charge in [-0.1, -0.05) is 12.1 Å². The minimum absolute atomic E-state index is 0.489. The van der Waals surface area contributed by atoms with E-state index in [1.807, 2.05) is 0 Å². The number of anilines is 1. The summed E-state index contributed by atoms with van der Waals surface area (Å²) in [6.07, 6.45) is -0.544. The second-order valence-electron chi connectivity index (χ2n) is 3.18. The number of carbonyl (C=O) groups is 1. The number of hydrogen-bond acceptors (Lipinski definition) is 3. The number of aliphatic hydroxyl groups excluding tert-OH is 1. The molecule has 0 aliphatic carbocycles. The van der Waals surface area contributed by atoms with E-state index >= 15 is 0 Å². The normalized spacial score (nSPS) is 12.1. The van der Waals surface area contributed by atoms with E-state index in [1.165, 1.54) is 0 Å². The lowest BCUT2D eigenvalue weighted by molar-refractivity contribution is 0.178. The van der Waals surface area contributed by atoms with Crippen LogP contribution in [0.15, 0.2) is 24.3 Å². The van der Waals surface area contributed by atoms with Gasteiger partial charge in [0.15, 0.2) is 0 Å². The molecule has 1 unspecified atom stereocenters. The van der Waals surface area contributed by atoms with Gasteiger partial charge in [0.2, 0.25) is 0 Å². The third-order valence-corrected chi connectivity index (χ3v) is 1.96. The van der Waals surface area contributed by atoms with E-state index in [9.17, 15) is 9.90 Å². The molecule has 1 rings (SSSR count). The molecular formula is C10H15N3O2. The highest BCUT2D eigenvalue weighted by molar-refractivity contribution is 5.87. The first-order valence-corrected chi connectivity index (χ1v) is 4.62. The van der Waals surface area contributed by atoms with Gasteiger partial charge in [-0.2, -0.15) is 0 Å². The molecule has 0 aliphatic rings. The number of nitrogens with one attached hydrogen (secondary N) is 2. The molecule has 5 N–H and O–H groups in total. The van der Waals surface area contributed by atoms with E-state index in [0.717, 1.165) is 5.56 Å². The van der Waals surface area contributed by atoms with Crippen molar-refractivity contribution in [2.75, 3.05) is 18.9 Å². The fraction of sp³-hybridized carbons (Fsp3) is 0.300. The molecular weight excluding hydrogens is 194 g/mol. The molecule has 0 heterocycles. The van der Waals surface area contributed by atoms with Crippen LogP contribution in [0, 0.1) is 0 Å². The molecule has 82 valence electrons. The van der Waals surface area contributed by atoms with E-state index < -0.39 is 12.1 Å². The quantitative estimate of drug-likeness (QED) is 0.580. The Morgan fingerprint density at radius 3 is 2.53 bits per heavy atom. The van der Waals surface area contributed by atoms with Gasteiger partial charge in [-0.05, 0) is 24.7 Å². The van der Waals surface area contributed by atoms with Crippen LogP contribution < -0.4 is 16.4 Å². The number of hydrogen-bond donors (Lipinski definition) is 4. The highest BCUT2D eigenvalue weighted by Crippen LogP contribution is 2.15. The number of urea groups is 1. The maximum absolute atomic E-state index is 10.5. The molecule has 0 saturated heterocycles. The van der Waals surface area contributed by atoms with E-state index in [4.69, 9.17) is 5.73 Å². The Morgan fingerprint density at radius 2 is 2.07 bits per heavy atom. The van der Waals surface area contributed by atoms with Crippen LogP contribution in [0.1, 0.15) is 11.7 Å². The fourth-order valence-electron chi connectivity index (χ4n) is 1.24. The Bertz CT molecular complexity index is 324. The predicted molar refractivity (Wildman–Crippen MR) is 58.5 cm³/mol. The van der Waals surface area contributed by atoms with E-state index in [-0.39, 0.29) is 0 Å². The molecule has 0 spiro atoms. The molecule has 1 atom stereocenters. The Hall–Kier alpha value is -1.59. The van der Waals surface area contributed by atoms with Gasteiger partial charge in [0.05, 0.1) is 6.10 Å². The second kappa shape index (κ2) is 5.33. The second-order valence-corrected chi connectivity index (χ2v) is 3.18. The van der Waals surface area contributed by atoms with Gasteiger partial charge in [-0.3, -0.25) is 0 Å². The van der Waals surface area contributed by atoms with Crippen LogP contribution >= 0.6 is 0 Å². The van der Waals surface area contributed by atoms with Crippen molar-refractivity contribution in [3.8, 4) is 0 Å². The molecule has 15 heavy (non-hydrogen) atoms. The van der Waals surface area contributed by atoms with Crippen LogP contribution in [0.2, 0.25) is 0 Å². The summed E-state index contributed by atoms with van der Waals surface area (Å²) >= 11 is 0. The van der Waals surface area contributed by atoms with Gasteiger partial charge in [-0.15, -0.1) is 0 Å². The Balaban J connectivity index is 2.67. The maximum Gasteiger partial charge on any atom is 0.316 e. The summed E-state index contributed by atoms with van der Waals surface area (Å²) in [7, 11) is 1.77. The Morgan fingerprint density at radius 1 is 1.47 bits per heavy atom. The van der Waals surface area contributed by atoms with Crippen molar-refractivity contribution in [3.05, 3.63) is 29.8 Å². The summed E-state index contributed by atoms with van der Waals surface area (Å²) in [4.78, 5) is 10.5. The summed E-state index contributed by atoms with van der Waals surface area (Å²) in [6.45, 7) is 0.489. The summed E-state index contributed by atoms with van der Waals surface area (Å²) in [6, 6.07) is 6.27. The van der Waals surface area contributed by atoms with E-state index in [1.54, 1.807) is 31.3 Å². The average molecular weight is 209 g/mol. The minimum Gasteiger partial charge on any atom is -0.387 e. The molecule has 0 aliphatic heterocycles. The monoisotopic (exact) mass is 209 g/mol. The van der Waals surface area contributed by atoms with E-state index in [2.05, 4.69) is 10.6 Å². The lowest BCUT2D eigenvalue weighted by Crippen LogP contribution is -2.19. The van der Waals surface area contributed by atoms with Crippen LogP contribution in [0.5, 0.6) is 0 Å². The number of nitrogens with two attached hydrogens (primary N) is 1. The standard InChI is InChI=1S/C10H15N3O2/c1-12-6-9(14)7-2-4-8(5-3-7)13-10(11)15/h2-5,9,12,14H,6H2,1H3,(H3,11,13,15). The van der Waals surface area contributed by atoms with Crippen LogP contribution in [0.4, 0.5) is 10.5 Å². The molecule has 5 heteroatoms. The number of benzene rings is 1. The minimum atomic E-state index is -0.599. The van der Waals surface area contributed by atoms with Gasteiger partial charge in [0.1, 0.15) is 0 Å². The molecule has 0 aromatic heterocycles. The van der Waals surface area contributed by atoms with Crippen molar-refractivity contribution in [2.24, 2.45) is 5.73 Å². The SMILES string of the molecule is CNCC(O)c1ccc(NC(N)=O)cc1. The van der Waals surface area contributed by atoms with Gasteiger partial charge in [0.25, 0.3) is 0 Å². The predicted octanol–water partition coefficient (Wildman–Crippen LogP) is 0.430. The van der Waals surface area contributed by atoms with Crippen LogP contribution in [-0.2, 0) is 0 Å². The lowest BCUT2D eigenvalue weighted by atomic mass is 10.1. The van der Waals surface area contributed by atoms with Crippen molar-refractivity contribution >= 4 is 11.7 Å². The number of carbonyl (C=O) groups excluding carboxylic acids is 1. The van der Waals surface area contributed by atoms with Gasteiger partial charge in [-0.25, -0.2) is 4.79 Å². The highest BCUT2D eigenvalue weighted by Gasteiger charge is 2.05. The highest BCUT2D eigenvalue weighted by atomic mass is 16.3. The molecule has 1 aromatic rings. The van der Waals surface area contributed by atoms with Gasteiger partial charge in [0, 0.05) is 12.2 Å². The van der Waals surface area contributed by atoms with Crippen molar-refractivity contribution in [1.82, 2.24) is 5.32 Å². The number of likely N-dealkylation sites (N-methyl/N-ethyl adjacent to an activating group) is 1. The van der Waals surface area contributed by atoms with Crippen molar-refractivity contribution < 1.29 is 9.90 Å². The first-order chi connectivity index (χ1) is 7.13. The smallest absolute Gasteiger partial charge is 0.316 e. The maximum atomic E-state index is 10.5. The zero-order valence-corrected chi connectivity index (χ0v) is 8.53. The van der Waals surface area contributed by atoms with Crippen molar-refractivity contribution in [2.45, 2.75) is 6.10 Å². The summed E-state index contributed by atoms with van der Waals surface area (Å²) in [5.74, 6) is 0. The molecule has 1 aromatic carbocycles. The summed E-state index contributed by atoms with van der Waals surface area (Å²) < 4.78 is 0. The third-order valence-electron chi connectivity index (χ3n) is 1.96. The molecule has 0 fully saturated rings. The van der Waals surface area contributed by atoms with Crippen molar-refractivity contribution in [1.29, 1.82) is 0 Å². The number of rotatable bonds is 4. The van der Waals surface area contributed by atoms with Crippen molar-refractivity contribution in [3.63, 3.8) is 0 Å². The van der Waals surface area contributed by atoms with Crippen LogP contribution in [-0.4, -0.2) is 24.7 Å². The fourth-order valence-corrected chi connectivity index (χ4v) is 1.24. The molecule has 0 saturated carbocycles. The van der Waals surface area contributed by atoms with E-state index in [0.29, 0.717) is 12.2 Å². The topological polar surface area (TPSA) is 87.4 Å². The average Bonchev–Trinajstić information content (AvgIpc) is 2.18. The largest absolute Gasteiger partial charge is 0.387 e. The first kappa shape index (κ1) is 11.5. The number of primary amides is 1. The molecule has 0 radical (unpaired) electrons. The molecule has 5 nitrogen and oxygen atoms in total. The number of amides is 2. The zero-order chi connectivity index (χ0) is 11.3. The van der Waals surface area contributed by atoms with Gasteiger partial charge >= 0.3 is 6.03 Å². The summed E-state index contributed by atoms with van der Waals surface area (Å²) in [5.41, 5.74) is 6.37. The number of aliphatic hydroxyl groups is 1. The third kappa shape index (κ3) is 3.57. The van der Waals surface area contributed by atoms with Crippen LogP contribution in [0.25, 0.3) is 0 Å². The Kier molecular flexibility index (Phi) is 4.08. The first-order valence-electron chi connectivity index (χ1n) is 4.62. The van der Waals surface area contributed by atoms with Crippen LogP contribution in [0.3, 0.4) is 0 Å². The molecule has 0 bridgehead atoms. The van der Waals surface area contributed by atoms with Gasteiger partial charge < -0.3 is 21.5 Å². The zero-order valence-electron chi connectivity index (χ0n) is 8.53.